The zero-order valence-electron chi connectivity index (χ0n) is 12.5. The van der Waals surface area contributed by atoms with Gasteiger partial charge in [0.1, 0.15) is 11.6 Å². The largest absolute Gasteiger partial charge is 0.497 e. The van der Waals surface area contributed by atoms with Crippen LogP contribution in [0.4, 0.5) is 5.69 Å². The topological polar surface area (TPSA) is 67.0 Å². The van der Waals surface area contributed by atoms with E-state index >= 15 is 0 Å². The minimum Gasteiger partial charge on any atom is -0.497 e. The number of aromatic nitrogens is 2. The van der Waals surface area contributed by atoms with Gasteiger partial charge in [-0.05, 0) is 32.9 Å². The van der Waals surface area contributed by atoms with E-state index < -0.39 is 0 Å². The van der Waals surface area contributed by atoms with Gasteiger partial charge in [0.05, 0.1) is 35.1 Å². The highest BCUT2D eigenvalue weighted by molar-refractivity contribution is 6.33. The Kier molecular flexibility index (Phi) is 4.53. The van der Waals surface area contributed by atoms with Gasteiger partial charge < -0.3 is 15.0 Å². The van der Waals surface area contributed by atoms with Gasteiger partial charge in [0, 0.05) is 6.07 Å². The number of nitrogens with one attached hydrogen (secondary N) is 2. The molecule has 21 heavy (non-hydrogen) atoms. The van der Waals surface area contributed by atoms with Crippen LogP contribution in [0.25, 0.3) is 0 Å². The molecule has 0 aliphatic rings. The summed E-state index contributed by atoms with van der Waals surface area (Å²) < 4.78 is 5.18. The van der Waals surface area contributed by atoms with Crippen molar-refractivity contribution in [2.24, 2.45) is 0 Å². The number of methoxy groups -OCH3 is 1. The van der Waals surface area contributed by atoms with E-state index in [-0.39, 0.29) is 11.6 Å². The SMILES string of the molecule is COc1ccc(Cl)c(NC(C)c2c(C)nc(C)[nH]c2=O)c1. The molecule has 2 N–H and O–H groups in total. The number of rotatable bonds is 4. The fraction of sp³-hybridized carbons (Fsp3) is 0.333. The normalized spacial score (nSPS) is 12.0. The van der Waals surface area contributed by atoms with Crippen molar-refractivity contribution in [1.82, 2.24) is 9.97 Å². The van der Waals surface area contributed by atoms with Gasteiger partial charge in [-0.3, -0.25) is 4.79 Å². The first-order valence-electron chi connectivity index (χ1n) is 6.60. The Hall–Kier alpha value is -2.01. The standard InChI is InChI=1S/C15H18ClN3O2/c1-8-14(15(20)19-10(3)17-8)9(2)18-13-7-11(21-4)5-6-12(13)16/h5-7,9,18H,1-4H3,(H,17,19,20). The number of benzene rings is 1. The van der Waals surface area contributed by atoms with E-state index in [1.807, 2.05) is 13.8 Å². The quantitative estimate of drug-likeness (QED) is 0.910. The molecule has 2 rings (SSSR count). The molecular formula is C15H18ClN3O2. The molecule has 112 valence electrons. The predicted molar refractivity (Wildman–Crippen MR) is 84.4 cm³/mol. The Morgan fingerprint density at radius 1 is 1.38 bits per heavy atom. The Balaban J connectivity index is 2.34. The molecule has 5 nitrogen and oxygen atoms in total. The van der Waals surface area contributed by atoms with E-state index in [1.54, 1.807) is 32.2 Å². The maximum atomic E-state index is 12.1. The minimum atomic E-state index is -0.230. The van der Waals surface area contributed by atoms with Crippen LogP contribution >= 0.6 is 11.6 Å². The summed E-state index contributed by atoms with van der Waals surface area (Å²) in [7, 11) is 1.59. The van der Waals surface area contributed by atoms with Crippen molar-refractivity contribution < 1.29 is 4.74 Å². The van der Waals surface area contributed by atoms with Crippen LogP contribution < -0.4 is 15.6 Å². The number of ether oxygens (including phenoxy) is 1. The molecule has 0 saturated carbocycles. The van der Waals surface area contributed by atoms with Gasteiger partial charge in [-0.1, -0.05) is 11.6 Å². The number of hydrogen-bond donors (Lipinski definition) is 2. The number of halogens is 1. The van der Waals surface area contributed by atoms with E-state index in [4.69, 9.17) is 16.3 Å². The third-order valence-electron chi connectivity index (χ3n) is 3.24. The summed E-state index contributed by atoms with van der Waals surface area (Å²) in [5.74, 6) is 1.30. The van der Waals surface area contributed by atoms with Crippen molar-refractivity contribution in [2.45, 2.75) is 26.8 Å². The first kappa shape index (κ1) is 15.4. The number of aromatic amines is 1. The van der Waals surface area contributed by atoms with Gasteiger partial charge in [0.25, 0.3) is 5.56 Å². The number of aryl methyl sites for hydroxylation is 2. The molecule has 0 bridgehead atoms. The van der Waals surface area contributed by atoms with Crippen LogP contribution in [0, 0.1) is 13.8 Å². The van der Waals surface area contributed by atoms with Crippen LogP contribution in [0.1, 0.15) is 30.0 Å². The molecule has 1 aromatic carbocycles. The number of H-pyrrole nitrogens is 1. The van der Waals surface area contributed by atoms with Crippen LogP contribution in [0.5, 0.6) is 5.75 Å². The summed E-state index contributed by atoms with van der Waals surface area (Å²) in [4.78, 5) is 19.1. The minimum absolute atomic E-state index is 0.140. The molecule has 1 aromatic heterocycles. The van der Waals surface area contributed by atoms with Gasteiger partial charge in [-0.15, -0.1) is 0 Å². The Bertz CT molecular complexity index is 713. The van der Waals surface area contributed by atoms with Gasteiger partial charge in [-0.2, -0.15) is 0 Å². The monoisotopic (exact) mass is 307 g/mol. The van der Waals surface area contributed by atoms with Gasteiger partial charge >= 0.3 is 0 Å². The van der Waals surface area contributed by atoms with Crippen molar-refractivity contribution in [3.8, 4) is 5.75 Å². The van der Waals surface area contributed by atoms with Crippen molar-refractivity contribution in [3.63, 3.8) is 0 Å². The first-order chi connectivity index (χ1) is 9.92. The summed E-state index contributed by atoms with van der Waals surface area (Å²) in [5.41, 5.74) is 1.87. The second kappa shape index (κ2) is 6.18. The summed E-state index contributed by atoms with van der Waals surface area (Å²) in [6.07, 6.45) is 0. The van der Waals surface area contributed by atoms with E-state index in [9.17, 15) is 4.79 Å². The van der Waals surface area contributed by atoms with Crippen molar-refractivity contribution >= 4 is 17.3 Å². The lowest BCUT2D eigenvalue weighted by Crippen LogP contribution is -2.23. The number of nitrogens with zero attached hydrogens (tertiary/aromatic N) is 1. The first-order valence-corrected chi connectivity index (χ1v) is 6.97. The number of hydrogen-bond acceptors (Lipinski definition) is 4. The Labute approximate surface area is 128 Å². The molecule has 2 aromatic rings. The van der Waals surface area contributed by atoms with Crippen molar-refractivity contribution in [3.05, 3.63) is 50.7 Å². The lowest BCUT2D eigenvalue weighted by atomic mass is 10.1. The zero-order valence-corrected chi connectivity index (χ0v) is 13.2. The van der Waals surface area contributed by atoms with Gasteiger partial charge in [0.2, 0.25) is 0 Å². The summed E-state index contributed by atoms with van der Waals surface area (Å²) in [6, 6.07) is 5.10. The highest BCUT2D eigenvalue weighted by Crippen LogP contribution is 2.29. The fourth-order valence-corrected chi connectivity index (χ4v) is 2.47. The van der Waals surface area contributed by atoms with E-state index in [1.165, 1.54) is 0 Å². The molecule has 1 atom stereocenters. The van der Waals surface area contributed by atoms with Gasteiger partial charge in [0.15, 0.2) is 0 Å². The highest BCUT2D eigenvalue weighted by atomic mass is 35.5. The smallest absolute Gasteiger partial charge is 0.256 e. The Morgan fingerprint density at radius 3 is 2.71 bits per heavy atom. The fourth-order valence-electron chi connectivity index (χ4n) is 2.29. The average molecular weight is 308 g/mol. The lowest BCUT2D eigenvalue weighted by Gasteiger charge is -2.18. The molecule has 0 saturated heterocycles. The average Bonchev–Trinajstić information content (AvgIpc) is 2.40. The summed E-state index contributed by atoms with van der Waals surface area (Å²) >= 11 is 6.17. The maximum absolute atomic E-state index is 12.1. The van der Waals surface area contributed by atoms with E-state index in [0.717, 1.165) is 0 Å². The highest BCUT2D eigenvalue weighted by Gasteiger charge is 2.16. The lowest BCUT2D eigenvalue weighted by molar-refractivity contribution is 0.415. The molecule has 0 aliphatic carbocycles. The predicted octanol–water partition coefficient (Wildman–Crippen LogP) is 3.22. The van der Waals surface area contributed by atoms with Crippen LogP contribution in [0.2, 0.25) is 5.02 Å². The van der Waals surface area contributed by atoms with Crippen molar-refractivity contribution in [2.75, 3.05) is 12.4 Å². The van der Waals surface area contributed by atoms with E-state index in [2.05, 4.69) is 15.3 Å². The molecule has 0 radical (unpaired) electrons. The molecule has 0 aliphatic heterocycles. The second-order valence-electron chi connectivity index (χ2n) is 4.86. The summed E-state index contributed by atoms with van der Waals surface area (Å²) in [5, 5.41) is 3.80. The van der Waals surface area contributed by atoms with Gasteiger partial charge in [-0.25, -0.2) is 4.98 Å². The third-order valence-corrected chi connectivity index (χ3v) is 3.57. The molecular weight excluding hydrogens is 290 g/mol. The molecule has 0 fully saturated rings. The second-order valence-corrected chi connectivity index (χ2v) is 5.27. The van der Waals surface area contributed by atoms with Crippen LogP contribution in [0.15, 0.2) is 23.0 Å². The van der Waals surface area contributed by atoms with E-state index in [0.29, 0.717) is 33.5 Å². The van der Waals surface area contributed by atoms with Crippen molar-refractivity contribution in [1.29, 1.82) is 0 Å². The molecule has 6 heteroatoms. The van der Waals surface area contributed by atoms with Crippen LogP contribution in [0.3, 0.4) is 0 Å². The maximum Gasteiger partial charge on any atom is 0.256 e. The van der Waals surface area contributed by atoms with Crippen LogP contribution in [-0.4, -0.2) is 17.1 Å². The molecule has 1 heterocycles. The third kappa shape index (κ3) is 3.36. The number of anilines is 1. The molecule has 0 spiro atoms. The molecule has 1 unspecified atom stereocenters. The Morgan fingerprint density at radius 2 is 2.10 bits per heavy atom. The van der Waals surface area contributed by atoms with Crippen LogP contribution in [-0.2, 0) is 0 Å². The summed E-state index contributed by atoms with van der Waals surface area (Å²) in [6.45, 7) is 5.47. The zero-order chi connectivity index (χ0) is 15.6. The molecule has 0 amide bonds.